The Bertz CT molecular complexity index is 772. The van der Waals surface area contributed by atoms with Gasteiger partial charge in [-0.15, -0.1) is 0 Å². The van der Waals surface area contributed by atoms with E-state index in [2.05, 4.69) is 30.4 Å². The molecule has 0 aliphatic heterocycles. The van der Waals surface area contributed by atoms with Gasteiger partial charge in [-0.1, -0.05) is 43.6 Å². The Balaban J connectivity index is 1.68. The van der Waals surface area contributed by atoms with Crippen LogP contribution in [-0.2, 0) is 17.6 Å². The average Bonchev–Trinajstić information content (AvgIpc) is 2.71. The van der Waals surface area contributed by atoms with E-state index in [1.807, 2.05) is 6.92 Å². The predicted octanol–water partition coefficient (Wildman–Crippen LogP) is 5.64. The van der Waals surface area contributed by atoms with Gasteiger partial charge in [0.25, 0.3) is 5.91 Å². The zero-order valence-electron chi connectivity index (χ0n) is 16.1. The highest BCUT2D eigenvalue weighted by Crippen LogP contribution is 2.26. The van der Waals surface area contributed by atoms with Gasteiger partial charge in [0.15, 0.2) is 6.10 Å². The highest BCUT2D eigenvalue weighted by atomic mass is 35.5. The minimum atomic E-state index is -0.516. The van der Waals surface area contributed by atoms with Gasteiger partial charge in [0.05, 0.1) is 6.04 Å². The van der Waals surface area contributed by atoms with E-state index in [1.165, 1.54) is 36.0 Å². The van der Waals surface area contributed by atoms with Crippen molar-refractivity contribution < 1.29 is 9.53 Å². The molecule has 0 bridgehead atoms. The van der Waals surface area contributed by atoms with E-state index in [0.29, 0.717) is 17.2 Å². The third-order valence-electron chi connectivity index (χ3n) is 5.25. The van der Waals surface area contributed by atoms with Crippen molar-refractivity contribution in [3.63, 3.8) is 0 Å². The van der Waals surface area contributed by atoms with Crippen LogP contribution in [0, 0.1) is 0 Å². The average molecular weight is 386 g/mol. The molecule has 0 saturated heterocycles. The fourth-order valence-electron chi connectivity index (χ4n) is 3.66. The number of nitrogens with one attached hydrogen (secondary N) is 1. The summed E-state index contributed by atoms with van der Waals surface area (Å²) >= 11 is 5.92. The van der Waals surface area contributed by atoms with Crippen molar-refractivity contribution in [2.24, 2.45) is 0 Å². The first-order valence-corrected chi connectivity index (χ1v) is 10.3. The molecule has 0 heterocycles. The molecule has 144 valence electrons. The van der Waals surface area contributed by atoms with Crippen LogP contribution in [0.25, 0.3) is 0 Å². The van der Waals surface area contributed by atoms with Gasteiger partial charge in [-0.3, -0.25) is 4.79 Å². The quantitative estimate of drug-likeness (QED) is 0.669. The number of halogens is 1. The minimum absolute atomic E-state index is 0.00703. The van der Waals surface area contributed by atoms with Crippen molar-refractivity contribution in [2.45, 2.75) is 64.5 Å². The summed E-state index contributed by atoms with van der Waals surface area (Å²) in [7, 11) is 0. The number of fused-ring (bicyclic) bond motifs is 1. The van der Waals surface area contributed by atoms with Crippen LogP contribution in [-0.4, -0.2) is 12.0 Å². The van der Waals surface area contributed by atoms with Crippen molar-refractivity contribution in [1.29, 1.82) is 0 Å². The van der Waals surface area contributed by atoms with Crippen LogP contribution in [0.5, 0.6) is 5.75 Å². The summed E-state index contributed by atoms with van der Waals surface area (Å²) in [6.45, 7) is 4.06. The number of carbonyl (C=O) groups excluding carboxylic acids is 1. The Hall–Kier alpha value is -2.00. The smallest absolute Gasteiger partial charge is 0.261 e. The zero-order chi connectivity index (χ0) is 19.2. The lowest BCUT2D eigenvalue weighted by Crippen LogP contribution is -2.40. The number of hydrogen-bond donors (Lipinski definition) is 1. The molecule has 2 aromatic rings. The van der Waals surface area contributed by atoms with Gasteiger partial charge < -0.3 is 10.1 Å². The molecule has 27 heavy (non-hydrogen) atoms. The highest BCUT2D eigenvalue weighted by Gasteiger charge is 2.22. The second-order valence-electron chi connectivity index (χ2n) is 7.17. The molecule has 2 atom stereocenters. The van der Waals surface area contributed by atoms with Gasteiger partial charge in [-0.05, 0) is 79.5 Å². The number of amides is 1. The number of rotatable bonds is 7. The monoisotopic (exact) mass is 385 g/mol. The zero-order valence-corrected chi connectivity index (χ0v) is 16.9. The van der Waals surface area contributed by atoms with E-state index in [4.69, 9.17) is 16.3 Å². The van der Waals surface area contributed by atoms with Gasteiger partial charge in [0.1, 0.15) is 5.75 Å². The molecule has 0 aromatic heterocycles. The van der Waals surface area contributed by atoms with E-state index in [1.54, 1.807) is 24.3 Å². The molecule has 3 rings (SSSR count). The van der Waals surface area contributed by atoms with E-state index in [-0.39, 0.29) is 11.9 Å². The molecule has 0 spiro atoms. The summed E-state index contributed by atoms with van der Waals surface area (Å²) in [5.74, 6) is 0.584. The lowest BCUT2D eigenvalue weighted by atomic mass is 9.88. The van der Waals surface area contributed by atoms with Crippen molar-refractivity contribution >= 4 is 17.5 Å². The second kappa shape index (κ2) is 9.27. The first-order chi connectivity index (χ1) is 13.1. The van der Waals surface area contributed by atoms with Crippen LogP contribution in [0.15, 0.2) is 42.5 Å². The van der Waals surface area contributed by atoms with Crippen molar-refractivity contribution in [3.8, 4) is 5.75 Å². The summed E-state index contributed by atoms with van der Waals surface area (Å²) in [6.07, 6.45) is 5.79. The molecule has 2 aromatic carbocycles. The standard InChI is InChI=1S/C23H28ClNO2/c1-3-21(18-10-9-16-7-5-6-8-17(16)15-18)25-23(26)22(4-2)27-20-13-11-19(24)12-14-20/h9-15,21-22H,3-8H2,1-2H3,(H,25,26)/t21-,22+/m0/s1. The van der Waals surface area contributed by atoms with Crippen LogP contribution in [0.4, 0.5) is 0 Å². The van der Waals surface area contributed by atoms with E-state index in [9.17, 15) is 4.79 Å². The molecule has 1 amide bonds. The van der Waals surface area contributed by atoms with Gasteiger partial charge in [0, 0.05) is 5.02 Å². The Labute approximate surface area is 167 Å². The van der Waals surface area contributed by atoms with Crippen LogP contribution >= 0.6 is 11.6 Å². The molecule has 4 heteroatoms. The lowest BCUT2D eigenvalue weighted by molar-refractivity contribution is -0.128. The van der Waals surface area contributed by atoms with E-state index in [0.717, 1.165) is 12.8 Å². The predicted molar refractivity (Wildman–Crippen MR) is 110 cm³/mol. The normalized spacial score (nSPS) is 15.5. The van der Waals surface area contributed by atoms with E-state index < -0.39 is 6.10 Å². The topological polar surface area (TPSA) is 38.3 Å². The molecule has 1 aliphatic carbocycles. The third kappa shape index (κ3) is 5.04. The van der Waals surface area contributed by atoms with Crippen molar-refractivity contribution in [2.75, 3.05) is 0 Å². The Morgan fingerprint density at radius 2 is 1.74 bits per heavy atom. The molecule has 1 aliphatic rings. The van der Waals surface area contributed by atoms with Gasteiger partial charge in [0.2, 0.25) is 0 Å². The number of carbonyl (C=O) groups is 1. The van der Waals surface area contributed by atoms with Crippen LogP contribution in [0.2, 0.25) is 5.02 Å². The van der Waals surface area contributed by atoms with Crippen molar-refractivity contribution in [1.82, 2.24) is 5.32 Å². The largest absolute Gasteiger partial charge is 0.481 e. The first kappa shape index (κ1) is 19.8. The Morgan fingerprint density at radius 3 is 2.41 bits per heavy atom. The third-order valence-corrected chi connectivity index (χ3v) is 5.51. The molecule has 0 radical (unpaired) electrons. The van der Waals surface area contributed by atoms with Crippen molar-refractivity contribution in [3.05, 3.63) is 64.2 Å². The molecule has 0 fully saturated rings. The Kier molecular flexibility index (Phi) is 6.78. The van der Waals surface area contributed by atoms with Crippen LogP contribution in [0.1, 0.15) is 62.3 Å². The minimum Gasteiger partial charge on any atom is -0.481 e. The van der Waals surface area contributed by atoms with E-state index >= 15 is 0 Å². The maximum Gasteiger partial charge on any atom is 0.261 e. The Morgan fingerprint density at radius 1 is 1.04 bits per heavy atom. The van der Waals surface area contributed by atoms with Crippen LogP contribution < -0.4 is 10.1 Å². The summed E-state index contributed by atoms with van der Waals surface area (Å²) < 4.78 is 5.88. The molecule has 1 N–H and O–H groups in total. The molecular formula is C23H28ClNO2. The number of benzene rings is 2. The van der Waals surface area contributed by atoms with Gasteiger partial charge in [-0.2, -0.15) is 0 Å². The number of hydrogen-bond acceptors (Lipinski definition) is 2. The highest BCUT2D eigenvalue weighted by molar-refractivity contribution is 6.30. The first-order valence-electron chi connectivity index (χ1n) is 9.95. The number of aryl methyl sites for hydroxylation is 2. The second-order valence-corrected chi connectivity index (χ2v) is 7.61. The molecular weight excluding hydrogens is 358 g/mol. The fourth-order valence-corrected chi connectivity index (χ4v) is 3.78. The fraction of sp³-hybridized carbons (Fsp3) is 0.435. The van der Waals surface area contributed by atoms with Gasteiger partial charge in [-0.25, -0.2) is 0 Å². The molecule has 0 unspecified atom stereocenters. The lowest BCUT2D eigenvalue weighted by Gasteiger charge is -2.24. The van der Waals surface area contributed by atoms with Gasteiger partial charge >= 0.3 is 0 Å². The molecule has 0 saturated carbocycles. The maximum absolute atomic E-state index is 12.8. The molecule has 3 nitrogen and oxygen atoms in total. The van der Waals surface area contributed by atoms with Crippen LogP contribution in [0.3, 0.4) is 0 Å². The summed E-state index contributed by atoms with van der Waals surface area (Å²) in [5.41, 5.74) is 4.09. The summed E-state index contributed by atoms with van der Waals surface area (Å²) in [5, 5.41) is 3.83. The maximum atomic E-state index is 12.8. The summed E-state index contributed by atoms with van der Waals surface area (Å²) in [6, 6.07) is 13.8. The summed E-state index contributed by atoms with van der Waals surface area (Å²) in [4.78, 5) is 12.8. The number of ether oxygens (including phenoxy) is 1. The SMILES string of the molecule is CC[C@H](NC(=O)[C@@H](CC)Oc1ccc(Cl)cc1)c1ccc2c(c1)CCCC2.